The third-order valence-corrected chi connectivity index (χ3v) is 6.49. The standard InChI is InChI=1S/C24H34N4O4S2/c1-23(2,3)31-21(29)27-15-11-17-19(9-7-13-25-17)33-34-20-10-8-14-26-18(20)12-16-28-22(30)32-24(4,5)6/h7-10,13-14H,11-12,15-16H2,1-6H3,(H,27,29)(H,28,30). The summed E-state index contributed by atoms with van der Waals surface area (Å²) in [6.07, 6.45) is 3.79. The van der Waals surface area contributed by atoms with Crippen LogP contribution in [0.3, 0.4) is 0 Å². The maximum atomic E-state index is 11.9. The fourth-order valence-corrected chi connectivity index (χ4v) is 5.06. The van der Waals surface area contributed by atoms with Crippen LogP contribution < -0.4 is 10.6 Å². The smallest absolute Gasteiger partial charge is 0.407 e. The highest BCUT2D eigenvalue weighted by atomic mass is 33.1. The van der Waals surface area contributed by atoms with Crippen molar-refractivity contribution >= 4 is 33.8 Å². The van der Waals surface area contributed by atoms with Gasteiger partial charge in [0.1, 0.15) is 11.2 Å². The minimum Gasteiger partial charge on any atom is -0.444 e. The number of alkyl carbamates (subject to hydrolysis) is 2. The summed E-state index contributed by atoms with van der Waals surface area (Å²) in [7, 11) is 3.18. The lowest BCUT2D eigenvalue weighted by Gasteiger charge is -2.19. The zero-order valence-electron chi connectivity index (χ0n) is 20.6. The van der Waals surface area contributed by atoms with Crippen LogP contribution >= 0.6 is 21.6 Å². The van der Waals surface area contributed by atoms with E-state index in [0.717, 1.165) is 21.2 Å². The molecule has 2 aromatic heterocycles. The Balaban J connectivity index is 1.90. The van der Waals surface area contributed by atoms with Crippen molar-refractivity contribution in [1.82, 2.24) is 20.6 Å². The number of hydrogen-bond donors (Lipinski definition) is 2. The Bertz CT molecular complexity index is 881. The number of ether oxygens (including phenoxy) is 2. The molecule has 2 N–H and O–H groups in total. The Labute approximate surface area is 209 Å². The van der Waals surface area contributed by atoms with Crippen LogP contribution in [0.5, 0.6) is 0 Å². The average Bonchev–Trinajstić information content (AvgIpc) is 2.71. The van der Waals surface area contributed by atoms with E-state index in [1.165, 1.54) is 0 Å². The number of rotatable bonds is 9. The molecule has 10 heteroatoms. The van der Waals surface area contributed by atoms with Crippen molar-refractivity contribution in [2.75, 3.05) is 13.1 Å². The molecule has 2 rings (SSSR count). The van der Waals surface area contributed by atoms with Crippen LogP contribution in [-0.4, -0.2) is 46.4 Å². The molecule has 34 heavy (non-hydrogen) atoms. The first-order valence-corrected chi connectivity index (χ1v) is 13.2. The fourth-order valence-electron chi connectivity index (χ4n) is 2.66. The molecular weight excluding hydrogens is 472 g/mol. The molecular formula is C24H34N4O4S2. The first-order valence-electron chi connectivity index (χ1n) is 11.1. The van der Waals surface area contributed by atoms with E-state index in [1.54, 1.807) is 34.0 Å². The van der Waals surface area contributed by atoms with E-state index >= 15 is 0 Å². The zero-order valence-corrected chi connectivity index (χ0v) is 22.3. The number of aromatic nitrogens is 2. The molecule has 2 amide bonds. The summed E-state index contributed by atoms with van der Waals surface area (Å²) in [5.41, 5.74) is 0.730. The van der Waals surface area contributed by atoms with Crippen molar-refractivity contribution in [2.45, 2.75) is 75.4 Å². The van der Waals surface area contributed by atoms with Gasteiger partial charge in [-0.05, 0) is 65.8 Å². The highest BCUT2D eigenvalue weighted by Crippen LogP contribution is 2.39. The van der Waals surface area contributed by atoms with Gasteiger partial charge in [-0.1, -0.05) is 21.6 Å². The molecule has 0 saturated heterocycles. The first kappa shape index (κ1) is 27.8. The van der Waals surface area contributed by atoms with Crippen molar-refractivity contribution in [1.29, 1.82) is 0 Å². The third kappa shape index (κ3) is 11.1. The molecule has 0 aromatic carbocycles. The van der Waals surface area contributed by atoms with Crippen molar-refractivity contribution in [3.05, 3.63) is 48.0 Å². The van der Waals surface area contributed by atoms with Gasteiger partial charge < -0.3 is 20.1 Å². The molecule has 0 spiro atoms. The van der Waals surface area contributed by atoms with Gasteiger partial charge in [0.2, 0.25) is 0 Å². The minimum absolute atomic E-state index is 0.429. The summed E-state index contributed by atoms with van der Waals surface area (Å²) < 4.78 is 10.5. The Kier molecular flexibility index (Phi) is 10.5. The second-order valence-electron chi connectivity index (χ2n) is 9.42. The van der Waals surface area contributed by atoms with Crippen LogP contribution in [-0.2, 0) is 22.3 Å². The number of hydrogen-bond acceptors (Lipinski definition) is 8. The highest BCUT2D eigenvalue weighted by molar-refractivity contribution is 8.76. The van der Waals surface area contributed by atoms with Crippen molar-refractivity contribution in [2.24, 2.45) is 0 Å². The summed E-state index contributed by atoms with van der Waals surface area (Å²) in [5, 5.41) is 5.54. The lowest BCUT2D eigenvalue weighted by molar-refractivity contribution is 0.0516. The Morgan fingerprint density at radius 1 is 0.765 bits per heavy atom. The van der Waals surface area contributed by atoms with Crippen LogP contribution in [0, 0.1) is 0 Å². The van der Waals surface area contributed by atoms with Crippen molar-refractivity contribution in [3.63, 3.8) is 0 Å². The van der Waals surface area contributed by atoms with E-state index in [0.29, 0.717) is 25.9 Å². The van der Waals surface area contributed by atoms with E-state index in [4.69, 9.17) is 9.47 Å². The number of carbonyl (C=O) groups excluding carboxylic acids is 2. The summed E-state index contributed by atoms with van der Waals surface area (Å²) in [6, 6.07) is 7.80. The molecule has 0 radical (unpaired) electrons. The van der Waals surface area contributed by atoms with Crippen molar-refractivity contribution in [3.8, 4) is 0 Å². The van der Waals surface area contributed by atoms with Crippen LogP contribution in [0.15, 0.2) is 46.5 Å². The zero-order chi connectivity index (χ0) is 25.2. The van der Waals surface area contributed by atoms with Gasteiger partial charge in [0.25, 0.3) is 0 Å². The fraction of sp³-hybridized carbons (Fsp3) is 0.500. The van der Waals surface area contributed by atoms with Gasteiger partial charge >= 0.3 is 12.2 Å². The van der Waals surface area contributed by atoms with Gasteiger partial charge in [0.15, 0.2) is 0 Å². The van der Waals surface area contributed by atoms with E-state index in [2.05, 4.69) is 20.6 Å². The van der Waals surface area contributed by atoms with E-state index in [1.807, 2.05) is 65.8 Å². The summed E-state index contributed by atoms with van der Waals surface area (Å²) >= 11 is 0. The summed E-state index contributed by atoms with van der Waals surface area (Å²) in [4.78, 5) is 34.7. The van der Waals surface area contributed by atoms with Crippen LogP contribution in [0.2, 0.25) is 0 Å². The molecule has 186 valence electrons. The largest absolute Gasteiger partial charge is 0.444 e. The number of nitrogens with zero attached hydrogens (tertiary/aromatic N) is 2. The predicted octanol–water partition coefficient (Wildman–Crippen LogP) is 5.41. The topological polar surface area (TPSA) is 102 Å². The van der Waals surface area contributed by atoms with E-state index in [-0.39, 0.29) is 0 Å². The molecule has 0 aliphatic rings. The normalized spacial score (nSPS) is 11.6. The third-order valence-electron chi connectivity index (χ3n) is 3.98. The van der Waals surface area contributed by atoms with Crippen LogP contribution in [0.25, 0.3) is 0 Å². The molecule has 0 saturated carbocycles. The van der Waals surface area contributed by atoms with Gasteiger partial charge in [0, 0.05) is 48.1 Å². The molecule has 0 fully saturated rings. The van der Waals surface area contributed by atoms with Gasteiger partial charge in [-0.25, -0.2) is 9.59 Å². The SMILES string of the molecule is CC(C)(C)OC(=O)NCCc1ncccc1SSc1cccnc1CCNC(=O)OC(C)(C)C. The number of pyridine rings is 2. The second kappa shape index (κ2) is 12.9. The molecule has 8 nitrogen and oxygen atoms in total. The average molecular weight is 507 g/mol. The summed E-state index contributed by atoms with van der Waals surface area (Å²) in [6.45, 7) is 11.8. The molecule has 0 aliphatic carbocycles. The first-order chi connectivity index (χ1) is 15.9. The van der Waals surface area contributed by atoms with Gasteiger partial charge in [-0.3, -0.25) is 9.97 Å². The van der Waals surface area contributed by atoms with Crippen LogP contribution in [0.4, 0.5) is 9.59 Å². The quantitative estimate of drug-likeness (QED) is 0.435. The molecule has 0 aliphatic heterocycles. The van der Waals surface area contributed by atoms with Gasteiger partial charge in [0.05, 0.1) is 11.4 Å². The number of amides is 2. The van der Waals surface area contributed by atoms with Crippen molar-refractivity contribution < 1.29 is 19.1 Å². The van der Waals surface area contributed by atoms with Gasteiger partial charge in [-0.2, -0.15) is 0 Å². The highest BCUT2D eigenvalue weighted by Gasteiger charge is 2.17. The van der Waals surface area contributed by atoms with E-state index in [9.17, 15) is 9.59 Å². The lowest BCUT2D eigenvalue weighted by Crippen LogP contribution is -2.33. The molecule has 2 aromatic rings. The summed E-state index contributed by atoms with van der Waals surface area (Å²) in [5.74, 6) is 0. The van der Waals surface area contributed by atoms with Crippen LogP contribution in [0.1, 0.15) is 52.9 Å². The van der Waals surface area contributed by atoms with E-state index < -0.39 is 23.4 Å². The minimum atomic E-state index is -0.531. The maximum absolute atomic E-state index is 11.9. The predicted molar refractivity (Wildman–Crippen MR) is 136 cm³/mol. The molecule has 0 atom stereocenters. The Morgan fingerprint density at radius 2 is 1.15 bits per heavy atom. The maximum Gasteiger partial charge on any atom is 0.407 e. The monoisotopic (exact) mass is 506 g/mol. The Morgan fingerprint density at radius 3 is 1.50 bits per heavy atom. The molecule has 2 heterocycles. The number of carbonyl (C=O) groups is 2. The molecule has 0 bridgehead atoms. The lowest BCUT2D eigenvalue weighted by atomic mass is 10.2. The molecule has 0 unspecified atom stereocenters. The second-order valence-corrected chi connectivity index (χ2v) is 11.6. The van der Waals surface area contributed by atoms with Gasteiger partial charge in [-0.15, -0.1) is 0 Å². The Hall–Kier alpha value is -2.46. The number of nitrogens with one attached hydrogen (secondary N) is 2.